The van der Waals surface area contributed by atoms with Crippen molar-refractivity contribution in [2.45, 2.75) is 25.7 Å². The molecular formula is C10H16N2S. The first-order valence-corrected chi connectivity index (χ1v) is 5.90. The molecule has 1 aliphatic rings. The zero-order valence-corrected chi connectivity index (χ0v) is 8.89. The highest BCUT2D eigenvalue weighted by Gasteiger charge is 2.20. The van der Waals surface area contributed by atoms with Crippen molar-refractivity contribution < 1.29 is 0 Å². The Labute approximate surface area is 83.6 Å². The number of hydrogen-bond acceptors (Lipinski definition) is 3. The molecule has 0 N–H and O–H groups in total. The Bertz CT molecular complexity index is 237. The molecule has 2 rings (SSSR count). The van der Waals surface area contributed by atoms with Gasteiger partial charge in [-0.05, 0) is 32.5 Å². The quantitative estimate of drug-likeness (QED) is 0.722. The van der Waals surface area contributed by atoms with Gasteiger partial charge in [-0.1, -0.05) is 6.92 Å². The standard InChI is InChI=1S/C10H16N2S/c1-2-12-6-3-9(4-7-12)10-11-5-8-13-10/h5,8-9H,2-4,6-7H2,1H3. The van der Waals surface area contributed by atoms with E-state index in [-0.39, 0.29) is 0 Å². The van der Waals surface area contributed by atoms with Gasteiger partial charge in [0.05, 0.1) is 5.01 Å². The Balaban J connectivity index is 1.92. The zero-order valence-electron chi connectivity index (χ0n) is 8.07. The molecule has 0 atom stereocenters. The fourth-order valence-electron chi connectivity index (χ4n) is 1.93. The summed E-state index contributed by atoms with van der Waals surface area (Å²) in [6, 6.07) is 0. The van der Waals surface area contributed by atoms with Gasteiger partial charge in [0, 0.05) is 17.5 Å². The summed E-state index contributed by atoms with van der Waals surface area (Å²) >= 11 is 1.81. The van der Waals surface area contributed by atoms with Crippen molar-refractivity contribution in [3.63, 3.8) is 0 Å². The van der Waals surface area contributed by atoms with Gasteiger partial charge in [0.25, 0.3) is 0 Å². The van der Waals surface area contributed by atoms with Crippen LogP contribution in [-0.4, -0.2) is 29.5 Å². The van der Waals surface area contributed by atoms with E-state index in [1.807, 2.05) is 17.5 Å². The molecule has 0 spiro atoms. The maximum absolute atomic E-state index is 4.39. The summed E-state index contributed by atoms with van der Waals surface area (Å²) in [6.45, 7) is 5.94. The Kier molecular flexibility index (Phi) is 2.96. The van der Waals surface area contributed by atoms with E-state index in [0.29, 0.717) is 0 Å². The van der Waals surface area contributed by atoms with Crippen LogP contribution in [0.2, 0.25) is 0 Å². The molecule has 2 nitrogen and oxygen atoms in total. The van der Waals surface area contributed by atoms with Gasteiger partial charge in [0.1, 0.15) is 0 Å². The van der Waals surface area contributed by atoms with E-state index in [9.17, 15) is 0 Å². The monoisotopic (exact) mass is 196 g/mol. The van der Waals surface area contributed by atoms with Crippen LogP contribution in [-0.2, 0) is 0 Å². The third-order valence-electron chi connectivity index (χ3n) is 2.84. The van der Waals surface area contributed by atoms with Crippen LogP contribution in [0.1, 0.15) is 30.7 Å². The van der Waals surface area contributed by atoms with Crippen molar-refractivity contribution in [2.75, 3.05) is 19.6 Å². The number of nitrogens with zero attached hydrogens (tertiary/aromatic N) is 2. The second kappa shape index (κ2) is 4.20. The molecule has 0 bridgehead atoms. The van der Waals surface area contributed by atoms with Crippen molar-refractivity contribution >= 4 is 11.3 Å². The first-order chi connectivity index (χ1) is 6.40. The first-order valence-electron chi connectivity index (χ1n) is 5.02. The summed E-state index contributed by atoms with van der Waals surface area (Å²) in [5.74, 6) is 0.739. The van der Waals surface area contributed by atoms with Crippen molar-refractivity contribution in [2.24, 2.45) is 0 Å². The molecule has 3 heteroatoms. The molecule has 13 heavy (non-hydrogen) atoms. The molecule has 1 saturated heterocycles. The topological polar surface area (TPSA) is 16.1 Å². The predicted molar refractivity (Wildman–Crippen MR) is 56.2 cm³/mol. The van der Waals surface area contributed by atoms with E-state index in [4.69, 9.17) is 0 Å². The first kappa shape index (κ1) is 9.16. The van der Waals surface area contributed by atoms with E-state index >= 15 is 0 Å². The third kappa shape index (κ3) is 2.09. The Morgan fingerprint density at radius 1 is 1.54 bits per heavy atom. The Hall–Kier alpha value is -0.410. The summed E-state index contributed by atoms with van der Waals surface area (Å²) in [7, 11) is 0. The van der Waals surface area contributed by atoms with Gasteiger partial charge >= 0.3 is 0 Å². The minimum absolute atomic E-state index is 0.739. The average Bonchev–Trinajstić information content (AvgIpc) is 2.71. The van der Waals surface area contributed by atoms with Crippen LogP contribution < -0.4 is 0 Å². The van der Waals surface area contributed by atoms with E-state index in [1.165, 1.54) is 37.5 Å². The molecule has 0 aromatic carbocycles. The van der Waals surface area contributed by atoms with Crippen LogP contribution in [0.15, 0.2) is 11.6 Å². The average molecular weight is 196 g/mol. The maximum Gasteiger partial charge on any atom is 0.0956 e. The summed E-state index contributed by atoms with van der Waals surface area (Å²) < 4.78 is 0. The van der Waals surface area contributed by atoms with Gasteiger partial charge in [0.2, 0.25) is 0 Å². The smallest absolute Gasteiger partial charge is 0.0956 e. The fourth-order valence-corrected chi connectivity index (χ4v) is 2.74. The van der Waals surface area contributed by atoms with Crippen LogP contribution in [0.5, 0.6) is 0 Å². The lowest BCUT2D eigenvalue weighted by molar-refractivity contribution is 0.222. The molecule has 2 heterocycles. The largest absolute Gasteiger partial charge is 0.304 e. The molecule has 0 radical (unpaired) electrons. The second-order valence-electron chi connectivity index (χ2n) is 3.58. The van der Waals surface area contributed by atoms with Gasteiger partial charge in [-0.3, -0.25) is 0 Å². The highest BCUT2D eigenvalue weighted by atomic mass is 32.1. The van der Waals surface area contributed by atoms with Crippen molar-refractivity contribution in [3.05, 3.63) is 16.6 Å². The van der Waals surface area contributed by atoms with E-state index in [0.717, 1.165) is 5.92 Å². The lowest BCUT2D eigenvalue weighted by Crippen LogP contribution is -2.32. The number of aromatic nitrogens is 1. The van der Waals surface area contributed by atoms with Gasteiger partial charge in [-0.25, -0.2) is 4.98 Å². The minimum Gasteiger partial charge on any atom is -0.304 e. The molecule has 0 unspecified atom stereocenters. The zero-order chi connectivity index (χ0) is 9.10. The van der Waals surface area contributed by atoms with E-state index < -0.39 is 0 Å². The number of piperidine rings is 1. The lowest BCUT2D eigenvalue weighted by Gasteiger charge is -2.29. The van der Waals surface area contributed by atoms with Crippen molar-refractivity contribution in [1.82, 2.24) is 9.88 Å². The minimum atomic E-state index is 0.739. The lowest BCUT2D eigenvalue weighted by atomic mass is 9.98. The molecule has 1 aliphatic heterocycles. The molecule has 0 saturated carbocycles. The van der Waals surface area contributed by atoms with Crippen molar-refractivity contribution in [1.29, 1.82) is 0 Å². The molecule has 0 amide bonds. The molecule has 72 valence electrons. The highest BCUT2D eigenvalue weighted by molar-refractivity contribution is 7.09. The van der Waals surface area contributed by atoms with Crippen LogP contribution in [0.25, 0.3) is 0 Å². The predicted octanol–water partition coefficient (Wildman–Crippen LogP) is 2.34. The summed E-state index contributed by atoms with van der Waals surface area (Å²) in [5.41, 5.74) is 0. The number of hydrogen-bond donors (Lipinski definition) is 0. The molecule has 1 fully saturated rings. The van der Waals surface area contributed by atoms with E-state index in [2.05, 4.69) is 22.2 Å². The normalized spacial score (nSPS) is 20.7. The van der Waals surface area contributed by atoms with Crippen LogP contribution >= 0.6 is 11.3 Å². The summed E-state index contributed by atoms with van der Waals surface area (Å²) in [4.78, 5) is 6.91. The molecule has 1 aromatic rings. The fraction of sp³-hybridized carbons (Fsp3) is 0.700. The van der Waals surface area contributed by atoms with Crippen molar-refractivity contribution in [3.8, 4) is 0 Å². The van der Waals surface area contributed by atoms with Gasteiger partial charge < -0.3 is 4.90 Å². The van der Waals surface area contributed by atoms with Gasteiger partial charge in [-0.15, -0.1) is 11.3 Å². The molecule has 1 aromatic heterocycles. The second-order valence-corrected chi connectivity index (χ2v) is 4.51. The third-order valence-corrected chi connectivity index (χ3v) is 3.77. The summed E-state index contributed by atoms with van der Waals surface area (Å²) in [6.07, 6.45) is 4.51. The highest BCUT2D eigenvalue weighted by Crippen LogP contribution is 2.28. The SMILES string of the molecule is CCN1CCC(c2nccs2)CC1. The van der Waals surface area contributed by atoms with E-state index in [1.54, 1.807) is 0 Å². The van der Waals surface area contributed by atoms with Crippen LogP contribution in [0, 0.1) is 0 Å². The summed E-state index contributed by atoms with van der Waals surface area (Å²) in [5, 5.41) is 3.43. The Morgan fingerprint density at radius 3 is 2.85 bits per heavy atom. The number of rotatable bonds is 2. The Morgan fingerprint density at radius 2 is 2.31 bits per heavy atom. The van der Waals surface area contributed by atoms with Gasteiger partial charge in [-0.2, -0.15) is 0 Å². The van der Waals surface area contributed by atoms with Crippen LogP contribution in [0.3, 0.4) is 0 Å². The molecule has 0 aliphatic carbocycles. The van der Waals surface area contributed by atoms with Gasteiger partial charge in [0.15, 0.2) is 0 Å². The van der Waals surface area contributed by atoms with Crippen LogP contribution in [0.4, 0.5) is 0 Å². The number of thiazole rings is 1. The number of likely N-dealkylation sites (tertiary alicyclic amines) is 1. The molecular weight excluding hydrogens is 180 g/mol. The maximum atomic E-state index is 4.39.